The van der Waals surface area contributed by atoms with Crippen molar-refractivity contribution >= 4 is 17.5 Å². The van der Waals surface area contributed by atoms with Crippen LogP contribution in [0.5, 0.6) is 0 Å². The monoisotopic (exact) mass is 308 g/mol. The standard InChI is InChI=1S/C15H14ClFN2O2/c1-9-8-12(18-21-9)13-6-3-7-19(13)15(20)14-10(16)4-2-5-11(14)17/h2,4-5,8,13H,3,6-7H2,1H3. The van der Waals surface area contributed by atoms with Crippen LogP contribution in [0.2, 0.25) is 5.02 Å². The summed E-state index contributed by atoms with van der Waals surface area (Å²) in [7, 11) is 0. The van der Waals surface area contributed by atoms with E-state index in [0.717, 1.165) is 12.8 Å². The highest BCUT2D eigenvalue weighted by atomic mass is 35.5. The van der Waals surface area contributed by atoms with Gasteiger partial charge in [-0.15, -0.1) is 0 Å². The minimum Gasteiger partial charge on any atom is -0.361 e. The fraction of sp³-hybridized carbons (Fsp3) is 0.333. The average Bonchev–Trinajstić information content (AvgIpc) is 3.06. The molecule has 2 aromatic rings. The zero-order valence-corrected chi connectivity index (χ0v) is 12.2. The lowest BCUT2D eigenvalue weighted by molar-refractivity contribution is 0.0726. The largest absolute Gasteiger partial charge is 0.361 e. The quantitative estimate of drug-likeness (QED) is 0.848. The van der Waals surface area contributed by atoms with Crippen molar-refractivity contribution in [3.8, 4) is 0 Å². The Bertz CT molecular complexity index is 666. The van der Waals surface area contributed by atoms with Gasteiger partial charge in [-0.05, 0) is 31.9 Å². The van der Waals surface area contributed by atoms with E-state index in [1.165, 1.54) is 18.2 Å². The minimum atomic E-state index is -0.602. The van der Waals surface area contributed by atoms with Gasteiger partial charge in [0.2, 0.25) is 0 Å². The van der Waals surface area contributed by atoms with E-state index >= 15 is 0 Å². The van der Waals surface area contributed by atoms with Gasteiger partial charge in [0.1, 0.15) is 17.3 Å². The molecule has 1 amide bonds. The van der Waals surface area contributed by atoms with Crippen molar-refractivity contribution in [2.75, 3.05) is 6.54 Å². The smallest absolute Gasteiger partial charge is 0.258 e. The maximum atomic E-state index is 13.9. The van der Waals surface area contributed by atoms with Crippen LogP contribution in [-0.4, -0.2) is 22.5 Å². The summed E-state index contributed by atoms with van der Waals surface area (Å²) in [6.07, 6.45) is 1.62. The molecule has 6 heteroatoms. The van der Waals surface area contributed by atoms with Gasteiger partial charge in [0.15, 0.2) is 0 Å². The van der Waals surface area contributed by atoms with Gasteiger partial charge in [-0.3, -0.25) is 4.79 Å². The molecule has 0 N–H and O–H groups in total. The molecule has 1 aliphatic rings. The summed E-state index contributed by atoms with van der Waals surface area (Å²) in [5.41, 5.74) is 0.622. The average molecular weight is 309 g/mol. The van der Waals surface area contributed by atoms with Gasteiger partial charge in [-0.25, -0.2) is 4.39 Å². The molecule has 0 radical (unpaired) electrons. The van der Waals surface area contributed by atoms with Crippen LogP contribution < -0.4 is 0 Å². The number of aryl methyl sites for hydroxylation is 1. The van der Waals surface area contributed by atoms with Crippen LogP contribution in [-0.2, 0) is 0 Å². The molecule has 4 nitrogen and oxygen atoms in total. The maximum absolute atomic E-state index is 13.9. The predicted octanol–water partition coefficient (Wildman–Crippen LogP) is 3.75. The molecule has 110 valence electrons. The molecule has 21 heavy (non-hydrogen) atoms. The van der Waals surface area contributed by atoms with E-state index < -0.39 is 11.7 Å². The van der Waals surface area contributed by atoms with Gasteiger partial charge in [-0.1, -0.05) is 22.8 Å². The van der Waals surface area contributed by atoms with Crippen molar-refractivity contribution in [3.63, 3.8) is 0 Å². The number of aromatic nitrogens is 1. The zero-order chi connectivity index (χ0) is 15.0. The third-order valence-electron chi connectivity index (χ3n) is 3.68. The van der Waals surface area contributed by atoms with E-state index in [9.17, 15) is 9.18 Å². The number of carbonyl (C=O) groups excluding carboxylic acids is 1. The highest BCUT2D eigenvalue weighted by Crippen LogP contribution is 2.34. The van der Waals surface area contributed by atoms with Gasteiger partial charge in [0.25, 0.3) is 5.91 Å². The Kier molecular flexibility index (Phi) is 3.68. The maximum Gasteiger partial charge on any atom is 0.258 e. The summed E-state index contributed by atoms with van der Waals surface area (Å²) in [6.45, 7) is 2.35. The Morgan fingerprint density at radius 1 is 1.52 bits per heavy atom. The van der Waals surface area contributed by atoms with Crippen molar-refractivity contribution in [1.82, 2.24) is 10.1 Å². The number of amides is 1. The fourth-order valence-corrected chi connectivity index (χ4v) is 2.95. The first-order chi connectivity index (χ1) is 10.1. The Labute approximate surface area is 126 Å². The molecule has 1 aliphatic heterocycles. The van der Waals surface area contributed by atoms with Crippen LogP contribution in [0, 0.1) is 12.7 Å². The predicted molar refractivity (Wildman–Crippen MR) is 75.7 cm³/mol. The van der Waals surface area contributed by atoms with Gasteiger partial charge < -0.3 is 9.42 Å². The van der Waals surface area contributed by atoms with E-state index in [1.54, 1.807) is 17.9 Å². The second kappa shape index (κ2) is 5.48. The Hall–Kier alpha value is -1.88. The number of benzene rings is 1. The van der Waals surface area contributed by atoms with Crippen LogP contribution in [0.3, 0.4) is 0 Å². The molecule has 0 saturated carbocycles. The van der Waals surface area contributed by atoms with Crippen molar-refractivity contribution in [2.24, 2.45) is 0 Å². The summed E-state index contributed by atoms with van der Waals surface area (Å²) in [6, 6.07) is 5.86. The number of hydrogen-bond acceptors (Lipinski definition) is 3. The Morgan fingerprint density at radius 2 is 2.33 bits per heavy atom. The van der Waals surface area contributed by atoms with Crippen LogP contribution in [0.15, 0.2) is 28.8 Å². The zero-order valence-electron chi connectivity index (χ0n) is 11.5. The van der Waals surface area contributed by atoms with E-state index in [0.29, 0.717) is 18.0 Å². The summed E-state index contributed by atoms with van der Waals surface area (Å²) in [5.74, 6) is -0.316. The van der Waals surface area contributed by atoms with Gasteiger partial charge in [0.05, 0.1) is 16.6 Å². The molecular weight excluding hydrogens is 295 g/mol. The summed E-state index contributed by atoms with van der Waals surface area (Å²) in [5, 5.41) is 4.10. The lowest BCUT2D eigenvalue weighted by Gasteiger charge is -2.23. The number of nitrogens with zero attached hydrogens (tertiary/aromatic N) is 2. The molecule has 0 spiro atoms. The minimum absolute atomic E-state index is 0.0775. The van der Waals surface area contributed by atoms with Crippen molar-refractivity contribution in [3.05, 3.63) is 52.1 Å². The first kappa shape index (κ1) is 14.1. The van der Waals surface area contributed by atoms with Crippen molar-refractivity contribution in [2.45, 2.75) is 25.8 Å². The Balaban J connectivity index is 1.93. The normalized spacial score (nSPS) is 18.2. The summed E-state index contributed by atoms with van der Waals surface area (Å²) >= 11 is 5.98. The lowest BCUT2D eigenvalue weighted by atomic mass is 10.1. The number of rotatable bonds is 2. The van der Waals surface area contributed by atoms with Gasteiger partial charge >= 0.3 is 0 Å². The fourth-order valence-electron chi connectivity index (χ4n) is 2.71. The highest BCUT2D eigenvalue weighted by Gasteiger charge is 2.34. The molecular formula is C15H14ClFN2O2. The first-order valence-corrected chi connectivity index (χ1v) is 7.14. The van der Waals surface area contributed by atoms with Crippen LogP contribution in [0.1, 0.15) is 40.7 Å². The van der Waals surface area contributed by atoms with Gasteiger partial charge in [-0.2, -0.15) is 0 Å². The third kappa shape index (κ3) is 2.53. The molecule has 1 atom stereocenters. The molecule has 0 bridgehead atoms. The van der Waals surface area contributed by atoms with E-state index in [4.69, 9.17) is 16.1 Å². The number of likely N-dealkylation sites (tertiary alicyclic amines) is 1. The molecule has 1 unspecified atom stereocenters. The summed E-state index contributed by atoms with van der Waals surface area (Å²) in [4.78, 5) is 14.2. The molecule has 1 aromatic heterocycles. The van der Waals surface area contributed by atoms with Crippen molar-refractivity contribution < 1.29 is 13.7 Å². The molecule has 1 aromatic carbocycles. The van der Waals surface area contributed by atoms with Gasteiger partial charge in [0, 0.05) is 12.6 Å². The molecule has 0 aliphatic carbocycles. The molecule has 3 rings (SSSR count). The number of carbonyl (C=O) groups is 1. The molecule has 1 fully saturated rings. The third-order valence-corrected chi connectivity index (χ3v) is 3.99. The van der Waals surface area contributed by atoms with E-state index in [-0.39, 0.29) is 16.6 Å². The topological polar surface area (TPSA) is 46.3 Å². The lowest BCUT2D eigenvalue weighted by Crippen LogP contribution is -2.31. The Morgan fingerprint density at radius 3 is 3.00 bits per heavy atom. The number of halogens is 2. The second-order valence-electron chi connectivity index (χ2n) is 5.12. The second-order valence-corrected chi connectivity index (χ2v) is 5.52. The SMILES string of the molecule is Cc1cc(C2CCCN2C(=O)c2c(F)cccc2Cl)no1. The van der Waals surface area contributed by atoms with Crippen molar-refractivity contribution in [1.29, 1.82) is 0 Å². The molecule has 2 heterocycles. The van der Waals surface area contributed by atoms with Crippen LogP contribution in [0.4, 0.5) is 4.39 Å². The van der Waals surface area contributed by atoms with Crippen LogP contribution >= 0.6 is 11.6 Å². The summed E-state index contributed by atoms with van der Waals surface area (Å²) < 4.78 is 19.0. The van der Waals surface area contributed by atoms with E-state index in [2.05, 4.69) is 5.16 Å². The first-order valence-electron chi connectivity index (χ1n) is 6.76. The van der Waals surface area contributed by atoms with Crippen LogP contribution in [0.25, 0.3) is 0 Å². The number of hydrogen-bond donors (Lipinski definition) is 0. The van der Waals surface area contributed by atoms with E-state index in [1.807, 2.05) is 0 Å². The highest BCUT2D eigenvalue weighted by molar-refractivity contribution is 6.33. The molecule has 1 saturated heterocycles.